The lowest BCUT2D eigenvalue weighted by Crippen LogP contribution is -2.51. The summed E-state index contributed by atoms with van der Waals surface area (Å²) in [5, 5.41) is 7.15. The molecule has 2 N–H and O–H groups in total. The number of rotatable bonds is 6. The maximum absolute atomic E-state index is 12.8. The summed E-state index contributed by atoms with van der Waals surface area (Å²) in [6, 6.07) is 0.850. The Morgan fingerprint density at radius 1 is 1.03 bits per heavy atom. The fourth-order valence-electron chi connectivity index (χ4n) is 5.57. The molecule has 0 spiro atoms. The van der Waals surface area contributed by atoms with E-state index < -0.39 is 0 Å². The Bertz CT molecular complexity index is 537. The van der Waals surface area contributed by atoms with E-state index in [-0.39, 0.29) is 5.92 Å². The van der Waals surface area contributed by atoms with Gasteiger partial charge in [0, 0.05) is 44.7 Å². The monoisotopic (exact) mass is 405 g/mol. The molecule has 0 radical (unpaired) electrons. The average Bonchev–Trinajstić information content (AvgIpc) is 3.22. The van der Waals surface area contributed by atoms with E-state index in [0.29, 0.717) is 18.0 Å². The lowest BCUT2D eigenvalue weighted by molar-refractivity contribution is -0.135. The van der Waals surface area contributed by atoms with Gasteiger partial charge in [0.25, 0.3) is 0 Å². The van der Waals surface area contributed by atoms with Crippen molar-refractivity contribution in [2.75, 3.05) is 40.8 Å². The Morgan fingerprint density at radius 3 is 2.31 bits per heavy atom. The predicted octanol–water partition coefficient (Wildman–Crippen LogP) is 2.84. The molecule has 0 aromatic rings. The molecule has 2 saturated carbocycles. The van der Waals surface area contributed by atoms with Gasteiger partial charge < -0.3 is 20.4 Å². The first-order valence-corrected chi connectivity index (χ1v) is 12.0. The minimum Gasteiger partial charge on any atom is -0.355 e. The number of nitrogens with zero attached hydrogens (tertiary/aromatic N) is 3. The van der Waals surface area contributed by atoms with Crippen LogP contribution in [0.5, 0.6) is 0 Å². The molecule has 6 heteroatoms. The second kappa shape index (κ2) is 11.2. The molecule has 166 valence electrons. The van der Waals surface area contributed by atoms with Crippen molar-refractivity contribution in [2.45, 2.75) is 82.7 Å². The number of likely N-dealkylation sites (tertiary alicyclic amines) is 1. The lowest BCUT2D eigenvalue weighted by atomic mass is 9.83. The molecule has 3 aliphatic rings. The molecule has 2 aliphatic carbocycles. The summed E-state index contributed by atoms with van der Waals surface area (Å²) in [4.78, 5) is 21.7. The van der Waals surface area contributed by atoms with E-state index in [2.05, 4.69) is 39.5 Å². The first-order chi connectivity index (χ1) is 14.1. The number of carbonyl (C=O) groups excluding carboxylic acids is 1. The largest absolute Gasteiger partial charge is 0.355 e. The maximum atomic E-state index is 12.8. The quantitative estimate of drug-likeness (QED) is 0.527. The van der Waals surface area contributed by atoms with Gasteiger partial charge in [-0.25, -0.2) is 0 Å². The molecular weight excluding hydrogens is 362 g/mol. The third-order valence-electron chi connectivity index (χ3n) is 7.35. The van der Waals surface area contributed by atoms with Gasteiger partial charge >= 0.3 is 0 Å². The van der Waals surface area contributed by atoms with Crippen molar-refractivity contribution in [3.63, 3.8) is 0 Å². The SMILES string of the molecule is CN=C(NCC(C1CCCCC1)N(C)C)NC1CCN(C(=O)C2CCCCC2)C1. The topological polar surface area (TPSA) is 60.0 Å². The molecule has 1 aliphatic heterocycles. The fourth-order valence-corrected chi connectivity index (χ4v) is 5.57. The first kappa shape index (κ1) is 22.4. The second-order valence-corrected chi connectivity index (χ2v) is 9.63. The molecule has 1 heterocycles. The van der Waals surface area contributed by atoms with E-state index in [1.807, 2.05) is 7.05 Å². The van der Waals surface area contributed by atoms with Crippen molar-refractivity contribution in [1.82, 2.24) is 20.4 Å². The van der Waals surface area contributed by atoms with Crippen LogP contribution < -0.4 is 10.6 Å². The highest BCUT2D eigenvalue weighted by Crippen LogP contribution is 2.28. The number of likely N-dealkylation sites (N-methyl/N-ethyl adjacent to an activating group) is 1. The van der Waals surface area contributed by atoms with Gasteiger partial charge in [-0.3, -0.25) is 9.79 Å². The Balaban J connectivity index is 1.45. The van der Waals surface area contributed by atoms with Crippen molar-refractivity contribution in [2.24, 2.45) is 16.8 Å². The number of guanidine groups is 1. The number of carbonyl (C=O) groups is 1. The van der Waals surface area contributed by atoms with Crippen LogP contribution >= 0.6 is 0 Å². The zero-order valence-corrected chi connectivity index (χ0v) is 19.0. The molecule has 1 saturated heterocycles. The Hall–Kier alpha value is -1.30. The molecule has 2 unspecified atom stereocenters. The summed E-state index contributed by atoms with van der Waals surface area (Å²) in [7, 11) is 6.24. The van der Waals surface area contributed by atoms with Crippen molar-refractivity contribution >= 4 is 11.9 Å². The van der Waals surface area contributed by atoms with Gasteiger partial charge in [-0.2, -0.15) is 0 Å². The average molecular weight is 406 g/mol. The highest BCUT2D eigenvalue weighted by molar-refractivity contribution is 5.81. The molecule has 3 rings (SSSR count). The highest BCUT2D eigenvalue weighted by atomic mass is 16.2. The molecule has 0 bridgehead atoms. The first-order valence-electron chi connectivity index (χ1n) is 12.0. The van der Waals surface area contributed by atoms with E-state index in [4.69, 9.17) is 0 Å². The van der Waals surface area contributed by atoms with Crippen molar-refractivity contribution < 1.29 is 4.79 Å². The van der Waals surface area contributed by atoms with Crippen LogP contribution in [0.1, 0.15) is 70.6 Å². The van der Waals surface area contributed by atoms with Crippen LogP contribution in [0.4, 0.5) is 0 Å². The molecule has 6 nitrogen and oxygen atoms in total. The van der Waals surface area contributed by atoms with E-state index in [1.54, 1.807) is 0 Å². The van der Waals surface area contributed by atoms with E-state index in [0.717, 1.165) is 50.8 Å². The number of amides is 1. The molecule has 1 amide bonds. The van der Waals surface area contributed by atoms with Crippen LogP contribution in [0.3, 0.4) is 0 Å². The second-order valence-electron chi connectivity index (χ2n) is 9.63. The van der Waals surface area contributed by atoms with E-state index >= 15 is 0 Å². The Labute approximate surface area is 177 Å². The van der Waals surface area contributed by atoms with Crippen LogP contribution in [0.25, 0.3) is 0 Å². The normalized spacial score (nSPS) is 26.0. The zero-order chi connectivity index (χ0) is 20.6. The minimum atomic E-state index is 0.274. The van der Waals surface area contributed by atoms with E-state index in [1.165, 1.54) is 51.4 Å². The number of hydrogen-bond acceptors (Lipinski definition) is 3. The summed E-state index contributed by atoms with van der Waals surface area (Å²) in [5.41, 5.74) is 0. The van der Waals surface area contributed by atoms with Crippen molar-refractivity contribution in [3.05, 3.63) is 0 Å². The standard InChI is InChI=1S/C23H43N5O/c1-24-23(25-16-21(27(2)3)18-10-6-4-7-11-18)26-20-14-15-28(17-20)22(29)19-12-8-5-9-13-19/h18-21H,4-17H2,1-3H3,(H2,24,25,26). The van der Waals surface area contributed by atoms with Crippen LogP contribution in [-0.2, 0) is 4.79 Å². The molecule has 2 atom stereocenters. The fraction of sp³-hybridized carbons (Fsp3) is 0.913. The van der Waals surface area contributed by atoms with Crippen LogP contribution in [-0.4, -0.2) is 74.5 Å². The summed E-state index contributed by atoms with van der Waals surface area (Å²) < 4.78 is 0. The number of hydrogen-bond donors (Lipinski definition) is 2. The number of aliphatic imine (C=N–C) groups is 1. The van der Waals surface area contributed by atoms with Gasteiger partial charge in [0.15, 0.2) is 5.96 Å². The summed E-state index contributed by atoms with van der Waals surface area (Å²) in [5.74, 6) is 2.32. The third kappa shape index (κ3) is 6.34. The van der Waals surface area contributed by atoms with Crippen molar-refractivity contribution in [3.8, 4) is 0 Å². The van der Waals surface area contributed by atoms with Gasteiger partial charge in [-0.15, -0.1) is 0 Å². The maximum Gasteiger partial charge on any atom is 0.225 e. The van der Waals surface area contributed by atoms with Gasteiger partial charge in [-0.1, -0.05) is 38.5 Å². The van der Waals surface area contributed by atoms with Crippen LogP contribution in [0, 0.1) is 11.8 Å². The summed E-state index contributed by atoms with van der Waals surface area (Å²) in [6.45, 7) is 2.62. The van der Waals surface area contributed by atoms with Crippen LogP contribution in [0.2, 0.25) is 0 Å². The smallest absolute Gasteiger partial charge is 0.225 e. The highest BCUT2D eigenvalue weighted by Gasteiger charge is 2.32. The lowest BCUT2D eigenvalue weighted by Gasteiger charge is -2.35. The third-order valence-corrected chi connectivity index (χ3v) is 7.35. The van der Waals surface area contributed by atoms with Gasteiger partial charge in [0.2, 0.25) is 5.91 Å². The molecule has 3 fully saturated rings. The van der Waals surface area contributed by atoms with Crippen LogP contribution in [0.15, 0.2) is 4.99 Å². The van der Waals surface area contributed by atoms with Gasteiger partial charge in [-0.05, 0) is 52.1 Å². The van der Waals surface area contributed by atoms with E-state index in [9.17, 15) is 4.79 Å². The Kier molecular flexibility index (Phi) is 8.64. The zero-order valence-electron chi connectivity index (χ0n) is 19.0. The summed E-state index contributed by atoms with van der Waals surface area (Å²) >= 11 is 0. The predicted molar refractivity (Wildman–Crippen MR) is 120 cm³/mol. The Morgan fingerprint density at radius 2 is 1.69 bits per heavy atom. The van der Waals surface area contributed by atoms with Gasteiger partial charge in [0.05, 0.1) is 0 Å². The van der Waals surface area contributed by atoms with Crippen molar-refractivity contribution in [1.29, 1.82) is 0 Å². The van der Waals surface area contributed by atoms with Gasteiger partial charge in [0.1, 0.15) is 0 Å². The molecule has 0 aromatic carbocycles. The summed E-state index contributed by atoms with van der Waals surface area (Å²) in [6.07, 6.45) is 13.7. The number of nitrogens with one attached hydrogen (secondary N) is 2. The minimum absolute atomic E-state index is 0.274. The molecule has 29 heavy (non-hydrogen) atoms. The molecular formula is C23H43N5O. The molecule has 0 aromatic heterocycles.